The second-order valence-corrected chi connectivity index (χ2v) is 11.3. The Kier molecular flexibility index (Phi) is 8.12. The summed E-state index contributed by atoms with van der Waals surface area (Å²) < 4.78 is 32.6. The maximum atomic E-state index is 6.72. The van der Waals surface area contributed by atoms with E-state index in [-0.39, 0.29) is 30.5 Å². The zero-order chi connectivity index (χ0) is 26.7. The maximum Gasteiger partial charge on any atom is 0.190 e. The number of fused-ring (bicyclic) bond motifs is 1. The average molecular weight is 530 g/mol. The summed E-state index contributed by atoms with van der Waals surface area (Å²) in [5, 5.41) is 0. The molecule has 3 saturated heterocycles. The molecule has 3 aliphatic heterocycles. The van der Waals surface area contributed by atoms with E-state index < -0.39 is 12.1 Å². The van der Waals surface area contributed by atoms with Crippen LogP contribution in [0, 0.1) is 0 Å². The number of ether oxygens (including phenoxy) is 5. The van der Waals surface area contributed by atoms with Crippen molar-refractivity contribution in [3.63, 3.8) is 0 Å². The van der Waals surface area contributed by atoms with Crippen molar-refractivity contribution in [2.24, 2.45) is 0 Å². The van der Waals surface area contributed by atoms with Crippen LogP contribution in [0.5, 0.6) is 0 Å². The lowest BCUT2D eigenvalue weighted by atomic mass is 9.90. The van der Waals surface area contributed by atoms with Crippen molar-refractivity contribution < 1.29 is 23.7 Å². The number of rotatable bonds is 9. The van der Waals surface area contributed by atoms with Crippen LogP contribution in [0.2, 0.25) is 0 Å². The number of piperidine rings is 1. The highest BCUT2D eigenvalue weighted by atomic mass is 16.8. The van der Waals surface area contributed by atoms with E-state index >= 15 is 0 Å². The van der Waals surface area contributed by atoms with E-state index in [1.807, 2.05) is 38.1 Å². The minimum absolute atomic E-state index is 0.00986. The summed E-state index contributed by atoms with van der Waals surface area (Å²) in [5.74, 6) is -0.714. The molecule has 3 aromatic rings. The second-order valence-electron chi connectivity index (χ2n) is 11.3. The molecule has 6 nitrogen and oxygen atoms in total. The van der Waals surface area contributed by atoms with Crippen molar-refractivity contribution >= 4 is 0 Å². The normalized spacial score (nSPS) is 30.3. The first-order valence-corrected chi connectivity index (χ1v) is 14.2. The van der Waals surface area contributed by atoms with E-state index in [4.69, 9.17) is 23.7 Å². The van der Waals surface area contributed by atoms with Gasteiger partial charge in [-0.2, -0.15) is 0 Å². The Balaban J connectivity index is 1.28. The highest BCUT2D eigenvalue weighted by Crippen LogP contribution is 2.43. The quantitative estimate of drug-likeness (QED) is 0.355. The number of hydrogen-bond donors (Lipinski definition) is 0. The van der Waals surface area contributed by atoms with Gasteiger partial charge >= 0.3 is 0 Å². The maximum absolute atomic E-state index is 6.72. The molecule has 3 aromatic carbocycles. The van der Waals surface area contributed by atoms with Crippen LogP contribution in [0.25, 0.3) is 0 Å². The molecule has 0 spiro atoms. The lowest BCUT2D eigenvalue weighted by molar-refractivity contribution is -0.235. The van der Waals surface area contributed by atoms with E-state index in [0.717, 1.165) is 31.5 Å². The van der Waals surface area contributed by atoms with E-state index in [9.17, 15) is 0 Å². The highest BCUT2D eigenvalue weighted by molar-refractivity contribution is 5.17. The van der Waals surface area contributed by atoms with Crippen molar-refractivity contribution in [3.8, 4) is 0 Å². The molecular weight excluding hydrogens is 490 g/mol. The largest absolute Gasteiger partial charge is 0.372 e. The molecular formula is C33H39NO5. The Morgan fingerprint density at radius 3 is 1.97 bits per heavy atom. The molecule has 0 N–H and O–H groups in total. The van der Waals surface area contributed by atoms with Gasteiger partial charge in [0.1, 0.15) is 18.3 Å². The topological polar surface area (TPSA) is 49.4 Å². The van der Waals surface area contributed by atoms with E-state index in [2.05, 4.69) is 71.6 Å². The Labute approximate surface area is 231 Å². The molecule has 3 aliphatic rings. The Morgan fingerprint density at radius 1 is 0.744 bits per heavy atom. The molecule has 206 valence electrons. The number of benzene rings is 3. The second kappa shape index (κ2) is 11.9. The third-order valence-electron chi connectivity index (χ3n) is 7.92. The summed E-state index contributed by atoms with van der Waals surface area (Å²) in [4.78, 5) is 2.52. The lowest BCUT2D eigenvalue weighted by Crippen LogP contribution is -2.58. The van der Waals surface area contributed by atoms with Gasteiger partial charge in [0, 0.05) is 6.54 Å². The summed E-state index contributed by atoms with van der Waals surface area (Å²) in [7, 11) is 0. The van der Waals surface area contributed by atoms with Crippen LogP contribution in [0.1, 0.15) is 43.4 Å². The van der Waals surface area contributed by atoms with Crippen LogP contribution in [0.15, 0.2) is 91.0 Å². The zero-order valence-electron chi connectivity index (χ0n) is 22.9. The highest BCUT2D eigenvalue weighted by Gasteiger charge is 2.59. The van der Waals surface area contributed by atoms with Gasteiger partial charge in [-0.3, -0.25) is 4.90 Å². The number of likely N-dealkylation sites (tertiary alicyclic amines) is 1. The third-order valence-corrected chi connectivity index (χ3v) is 7.92. The van der Waals surface area contributed by atoms with Gasteiger partial charge in [0.2, 0.25) is 0 Å². The van der Waals surface area contributed by atoms with Gasteiger partial charge < -0.3 is 23.7 Å². The fraction of sp³-hybridized carbons (Fsp3) is 0.455. The fourth-order valence-corrected chi connectivity index (χ4v) is 6.17. The first-order chi connectivity index (χ1) is 19.1. The molecule has 0 saturated carbocycles. The molecule has 6 atom stereocenters. The van der Waals surface area contributed by atoms with Gasteiger partial charge in [-0.25, -0.2) is 0 Å². The summed E-state index contributed by atoms with van der Waals surface area (Å²) in [5.41, 5.74) is 3.57. The SMILES string of the molecule is CC1(C)O[C@H]2O[C@H]([C@@H]3[C@@H](OCc4ccccc4)CCCN3Cc3ccccc3)[C@H](OCc3ccccc3)[C@H]2O1. The Hall–Kier alpha value is -2.58. The number of hydrogen-bond acceptors (Lipinski definition) is 6. The molecule has 0 aliphatic carbocycles. The minimum atomic E-state index is -0.714. The molecule has 39 heavy (non-hydrogen) atoms. The van der Waals surface area contributed by atoms with Crippen LogP contribution < -0.4 is 0 Å². The molecule has 0 unspecified atom stereocenters. The van der Waals surface area contributed by atoms with Crippen molar-refractivity contribution in [1.82, 2.24) is 4.90 Å². The minimum Gasteiger partial charge on any atom is -0.372 e. The standard InChI is InChI=1S/C33H39NO5/c1-33(2)38-31-30(36-23-26-17-10-5-11-18-26)29(37-32(31)39-33)28-27(35-22-25-15-8-4-9-16-25)19-12-20-34(28)21-24-13-6-3-7-14-24/h3-11,13-18,27-32H,12,19-23H2,1-2H3/t27-,28-,29+,30-,31+,32+/m0/s1. The van der Waals surface area contributed by atoms with Gasteiger partial charge in [-0.1, -0.05) is 91.0 Å². The van der Waals surface area contributed by atoms with E-state index in [1.165, 1.54) is 11.1 Å². The van der Waals surface area contributed by atoms with Crippen LogP contribution in [-0.4, -0.2) is 54.0 Å². The van der Waals surface area contributed by atoms with Crippen molar-refractivity contribution in [3.05, 3.63) is 108 Å². The van der Waals surface area contributed by atoms with E-state index in [0.29, 0.717) is 13.2 Å². The molecule has 3 heterocycles. The van der Waals surface area contributed by atoms with Gasteiger partial charge in [0.25, 0.3) is 0 Å². The van der Waals surface area contributed by atoms with Crippen molar-refractivity contribution in [2.75, 3.05) is 6.54 Å². The molecule has 3 fully saturated rings. The fourth-order valence-electron chi connectivity index (χ4n) is 6.17. The van der Waals surface area contributed by atoms with Crippen LogP contribution in [-0.2, 0) is 43.4 Å². The van der Waals surface area contributed by atoms with Crippen LogP contribution in [0.4, 0.5) is 0 Å². The first-order valence-electron chi connectivity index (χ1n) is 14.2. The van der Waals surface area contributed by atoms with Crippen LogP contribution >= 0.6 is 0 Å². The zero-order valence-corrected chi connectivity index (χ0v) is 22.9. The molecule has 6 rings (SSSR count). The average Bonchev–Trinajstić information content (AvgIpc) is 3.43. The molecule has 0 bridgehead atoms. The first kappa shape index (κ1) is 26.6. The lowest BCUT2D eigenvalue weighted by Gasteiger charge is -2.45. The predicted octanol–water partition coefficient (Wildman–Crippen LogP) is 5.70. The van der Waals surface area contributed by atoms with Crippen LogP contribution in [0.3, 0.4) is 0 Å². The van der Waals surface area contributed by atoms with Crippen molar-refractivity contribution in [2.45, 2.75) is 89.0 Å². The predicted molar refractivity (Wildman–Crippen MR) is 149 cm³/mol. The van der Waals surface area contributed by atoms with E-state index in [1.54, 1.807) is 0 Å². The van der Waals surface area contributed by atoms with Gasteiger partial charge in [-0.05, 0) is 49.9 Å². The number of nitrogens with zero attached hydrogens (tertiary/aromatic N) is 1. The Morgan fingerprint density at radius 2 is 1.33 bits per heavy atom. The van der Waals surface area contributed by atoms with Crippen molar-refractivity contribution in [1.29, 1.82) is 0 Å². The third kappa shape index (κ3) is 6.27. The molecule has 0 aromatic heterocycles. The molecule has 0 radical (unpaired) electrons. The van der Waals surface area contributed by atoms with Gasteiger partial charge in [0.05, 0.1) is 25.4 Å². The summed E-state index contributed by atoms with van der Waals surface area (Å²) >= 11 is 0. The molecule has 0 amide bonds. The molecule has 6 heteroatoms. The Bertz CT molecular complexity index is 1170. The summed E-state index contributed by atoms with van der Waals surface area (Å²) in [6.45, 7) is 6.72. The summed E-state index contributed by atoms with van der Waals surface area (Å²) in [6, 6.07) is 31.3. The monoisotopic (exact) mass is 529 g/mol. The smallest absolute Gasteiger partial charge is 0.190 e. The van der Waals surface area contributed by atoms with Gasteiger partial charge in [-0.15, -0.1) is 0 Å². The summed E-state index contributed by atoms with van der Waals surface area (Å²) in [6.07, 6.45) is 0.701. The van der Waals surface area contributed by atoms with Gasteiger partial charge in [0.15, 0.2) is 12.1 Å².